The molecule has 0 unspecified atom stereocenters. The second-order valence-electron chi connectivity index (χ2n) is 4.81. The van der Waals surface area contributed by atoms with Crippen LogP contribution in [0.4, 0.5) is 0 Å². The Balaban J connectivity index is 1.78. The van der Waals surface area contributed by atoms with E-state index in [4.69, 9.17) is 11.6 Å². The monoisotopic (exact) mass is 282 g/mol. The van der Waals surface area contributed by atoms with E-state index >= 15 is 0 Å². The van der Waals surface area contributed by atoms with Crippen molar-refractivity contribution in [2.75, 3.05) is 26.2 Å². The van der Waals surface area contributed by atoms with Crippen molar-refractivity contribution >= 4 is 17.5 Å². The largest absolute Gasteiger partial charge is 0.350 e. The highest BCUT2D eigenvalue weighted by Crippen LogP contribution is 2.16. The summed E-state index contributed by atoms with van der Waals surface area (Å²) in [5.41, 5.74) is 0.276. The third kappa shape index (κ3) is 4.14. The lowest BCUT2D eigenvalue weighted by molar-refractivity contribution is 0.0931. The molecule has 1 amide bonds. The molecule has 0 radical (unpaired) electrons. The molecule has 1 N–H and O–H groups in total. The van der Waals surface area contributed by atoms with Crippen LogP contribution in [0.25, 0.3) is 0 Å². The summed E-state index contributed by atoms with van der Waals surface area (Å²) in [4.78, 5) is 22.1. The zero-order chi connectivity index (χ0) is 13.7. The lowest BCUT2D eigenvalue weighted by Crippen LogP contribution is -2.38. The first-order valence-corrected chi connectivity index (χ1v) is 7.05. The summed E-state index contributed by atoms with van der Waals surface area (Å²) >= 11 is 5.71. The van der Waals surface area contributed by atoms with Crippen LogP contribution < -0.4 is 5.32 Å². The van der Waals surface area contributed by atoms with Gasteiger partial charge >= 0.3 is 0 Å². The molecular formula is C13H19ClN4O. The van der Waals surface area contributed by atoms with Crippen LogP contribution in [0.15, 0.2) is 12.4 Å². The number of rotatable bonds is 4. The van der Waals surface area contributed by atoms with E-state index in [1.165, 1.54) is 12.4 Å². The fourth-order valence-corrected chi connectivity index (χ4v) is 2.43. The average Bonchev–Trinajstić information content (AvgIpc) is 2.45. The highest BCUT2D eigenvalue weighted by Gasteiger charge is 2.19. The fraction of sp³-hybridized carbons (Fsp3) is 0.615. The van der Waals surface area contributed by atoms with Crippen LogP contribution in [0.5, 0.6) is 0 Å². The fourth-order valence-electron chi connectivity index (χ4n) is 2.29. The minimum absolute atomic E-state index is 0.201. The molecule has 1 aromatic rings. The first-order valence-electron chi connectivity index (χ1n) is 6.67. The highest BCUT2D eigenvalue weighted by molar-refractivity contribution is 6.29. The number of likely N-dealkylation sites (tertiary alicyclic amines) is 1. The molecule has 1 saturated heterocycles. The summed E-state index contributed by atoms with van der Waals surface area (Å²) in [6, 6.07) is 0. The predicted molar refractivity (Wildman–Crippen MR) is 74.2 cm³/mol. The van der Waals surface area contributed by atoms with Gasteiger partial charge in [-0.15, -0.1) is 0 Å². The molecule has 1 fully saturated rings. The lowest BCUT2D eigenvalue weighted by atomic mass is 9.97. The van der Waals surface area contributed by atoms with Gasteiger partial charge in [0.25, 0.3) is 5.91 Å². The van der Waals surface area contributed by atoms with Crippen molar-refractivity contribution in [3.63, 3.8) is 0 Å². The van der Waals surface area contributed by atoms with Gasteiger partial charge in [-0.05, 0) is 38.4 Å². The minimum atomic E-state index is -0.201. The van der Waals surface area contributed by atoms with Crippen molar-refractivity contribution in [1.29, 1.82) is 0 Å². The third-order valence-corrected chi connectivity index (χ3v) is 3.73. The maximum atomic E-state index is 11.9. The molecule has 1 aliphatic heterocycles. The number of carbonyl (C=O) groups excluding carboxylic acids is 1. The summed E-state index contributed by atoms with van der Waals surface area (Å²) in [7, 11) is 0. The first-order chi connectivity index (χ1) is 9.19. The van der Waals surface area contributed by atoms with Gasteiger partial charge in [0.15, 0.2) is 0 Å². The molecule has 0 aromatic carbocycles. The molecule has 0 aliphatic carbocycles. The second-order valence-corrected chi connectivity index (χ2v) is 5.20. The van der Waals surface area contributed by atoms with Gasteiger partial charge in [0.2, 0.25) is 0 Å². The molecule has 6 heteroatoms. The van der Waals surface area contributed by atoms with Crippen LogP contribution in [-0.2, 0) is 0 Å². The number of nitrogens with zero attached hydrogens (tertiary/aromatic N) is 3. The average molecular weight is 283 g/mol. The van der Waals surface area contributed by atoms with Gasteiger partial charge in [0.05, 0.1) is 12.4 Å². The predicted octanol–water partition coefficient (Wildman–Crippen LogP) is 1.59. The van der Waals surface area contributed by atoms with Crippen molar-refractivity contribution < 1.29 is 4.79 Å². The number of nitrogens with one attached hydrogen (secondary N) is 1. The maximum absolute atomic E-state index is 11.9. The zero-order valence-electron chi connectivity index (χ0n) is 11.1. The smallest absolute Gasteiger partial charge is 0.271 e. The zero-order valence-corrected chi connectivity index (χ0v) is 11.9. The standard InChI is InChI=1S/C13H19ClN4O/c1-2-18-5-3-10(4-6-18)7-16-13(19)11-8-15-9-12(14)17-11/h8-10H,2-7H2,1H3,(H,16,19). The SMILES string of the molecule is CCN1CCC(CNC(=O)c2cncc(Cl)n2)CC1. The molecular weight excluding hydrogens is 264 g/mol. The van der Waals surface area contributed by atoms with Crippen molar-refractivity contribution in [3.05, 3.63) is 23.2 Å². The van der Waals surface area contributed by atoms with Crippen LogP contribution in [0.2, 0.25) is 5.15 Å². The van der Waals surface area contributed by atoms with E-state index in [1.54, 1.807) is 0 Å². The topological polar surface area (TPSA) is 58.1 Å². The van der Waals surface area contributed by atoms with Crippen LogP contribution in [0, 0.1) is 5.92 Å². The summed E-state index contributed by atoms with van der Waals surface area (Å²) in [5, 5.41) is 3.15. The van der Waals surface area contributed by atoms with Gasteiger partial charge < -0.3 is 10.2 Å². The molecule has 2 rings (SSSR count). The van der Waals surface area contributed by atoms with Crippen molar-refractivity contribution in [1.82, 2.24) is 20.2 Å². The molecule has 1 aliphatic rings. The van der Waals surface area contributed by atoms with Crippen LogP contribution >= 0.6 is 11.6 Å². The molecule has 19 heavy (non-hydrogen) atoms. The molecule has 0 saturated carbocycles. The van der Waals surface area contributed by atoms with Crippen molar-refractivity contribution in [2.45, 2.75) is 19.8 Å². The number of carbonyl (C=O) groups is 1. The summed E-state index contributed by atoms with van der Waals surface area (Å²) in [6.07, 6.45) is 5.12. The molecule has 0 atom stereocenters. The van der Waals surface area contributed by atoms with E-state index in [2.05, 4.69) is 27.1 Å². The molecule has 104 valence electrons. The van der Waals surface area contributed by atoms with Crippen molar-refractivity contribution in [3.8, 4) is 0 Å². The molecule has 2 heterocycles. The van der Waals surface area contributed by atoms with Crippen LogP contribution in [0.3, 0.4) is 0 Å². The van der Waals surface area contributed by atoms with Gasteiger partial charge in [-0.1, -0.05) is 18.5 Å². The number of hydrogen-bond acceptors (Lipinski definition) is 4. The van der Waals surface area contributed by atoms with Crippen LogP contribution in [-0.4, -0.2) is 47.0 Å². The van der Waals surface area contributed by atoms with Crippen LogP contribution in [0.1, 0.15) is 30.3 Å². The van der Waals surface area contributed by atoms with Gasteiger partial charge in [0, 0.05) is 6.54 Å². The Bertz CT molecular complexity index is 432. The molecule has 1 aromatic heterocycles. The number of piperidine rings is 1. The number of aromatic nitrogens is 2. The van der Waals surface area contributed by atoms with Gasteiger partial charge in [0.1, 0.15) is 10.8 Å². The van der Waals surface area contributed by atoms with E-state index in [1.807, 2.05) is 0 Å². The first kappa shape index (κ1) is 14.2. The Morgan fingerprint density at radius 3 is 2.84 bits per heavy atom. The molecule has 0 spiro atoms. The quantitative estimate of drug-likeness (QED) is 0.911. The minimum Gasteiger partial charge on any atom is -0.350 e. The van der Waals surface area contributed by atoms with Gasteiger partial charge in [-0.2, -0.15) is 0 Å². The Hall–Kier alpha value is -1.20. The summed E-state index contributed by atoms with van der Waals surface area (Å²) < 4.78 is 0. The summed E-state index contributed by atoms with van der Waals surface area (Å²) in [5.74, 6) is 0.354. The van der Waals surface area contributed by atoms with Gasteiger partial charge in [-0.25, -0.2) is 4.98 Å². The third-order valence-electron chi connectivity index (χ3n) is 3.54. The van der Waals surface area contributed by atoms with E-state index < -0.39 is 0 Å². The van der Waals surface area contributed by atoms with E-state index in [9.17, 15) is 4.79 Å². The highest BCUT2D eigenvalue weighted by atomic mass is 35.5. The maximum Gasteiger partial charge on any atom is 0.271 e. The summed E-state index contributed by atoms with van der Waals surface area (Å²) in [6.45, 7) is 6.23. The molecule has 5 nitrogen and oxygen atoms in total. The number of hydrogen-bond donors (Lipinski definition) is 1. The van der Waals surface area contributed by atoms with E-state index in [0.29, 0.717) is 12.5 Å². The number of amides is 1. The Morgan fingerprint density at radius 1 is 1.47 bits per heavy atom. The van der Waals surface area contributed by atoms with E-state index in [-0.39, 0.29) is 16.8 Å². The van der Waals surface area contributed by atoms with E-state index in [0.717, 1.165) is 32.5 Å². The Kier molecular flexibility index (Phi) is 5.10. The van der Waals surface area contributed by atoms with Gasteiger partial charge in [-0.3, -0.25) is 9.78 Å². The number of halogens is 1. The second kappa shape index (κ2) is 6.82. The lowest BCUT2D eigenvalue weighted by Gasteiger charge is -2.30. The molecule has 0 bridgehead atoms. The normalized spacial score (nSPS) is 17.4. The Morgan fingerprint density at radius 2 is 2.21 bits per heavy atom. The Labute approximate surface area is 118 Å². The van der Waals surface area contributed by atoms with Crippen molar-refractivity contribution in [2.24, 2.45) is 5.92 Å².